The molecule has 0 aliphatic carbocycles. The molecule has 1 aromatic heterocycles. The molecular formula is C21H26N2O4S. The summed E-state index contributed by atoms with van der Waals surface area (Å²) in [5.41, 5.74) is 0.764. The summed E-state index contributed by atoms with van der Waals surface area (Å²) in [6.45, 7) is 4.30. The van der Waals surface area contributed by atoms with Gasteiger partial charge in [-0.15, -0.1) is 0 Å². The maximum absolute atomic E-state index is 12.8. The maximum Gasteiger partial charge on any atom is 0.287 e. The first-order valence-electron chi connectivity index (χ1n) is 9.70. The Morgan fingerprint density at radius 2 is 2.04 bits per heavy atom. The molecule has 0 spiro atoms. The van der Waals surface area contributed by atoms with Gasteiger partial charge in [-0.2, -0.15) is 11.8 Å². The van der Waals surface area contributed by atoms with Gasteiger partial charge in [-0.05, 0) is 30.4 Å². The summed E-state index contributed by atoms with van der Waals surface area (Å²) in [4.78, 5) is 15.3. The number of rotatable bonds is 7. The van der Waals surface area contributed by atoms with E-state index in [9.17, 15) is 4.79 Å². The van der Waals surface area contributed by atoms with Gasteiger partial charge >= 0.3 is 0 Å². The highest BCUT2D eigenvalue weighted by molar-refractivity contribution is 7.99. The lowest BCUT2D eigenvalue weighted by atomic mass is 9.95. The first-order chi connectivity index (χ1) is 13.8. The third-order valence-electron chi connectivity index (χ3n) is 5.43. The van der Waals surface area contributed by atoms with Crippen LogP contribution in [0.4, 0.5) is 0 Å². The minimum absolute atomic E-state index is 0.0113. The molecule has 1 amide bonds. The Labute approximate surface area is 169 Å². The molecule has 4 rings (SSSR count). The predicted molar refractivity (Wildman–Crippen MR) is 109 cm³/mol. The number of thioether (sulfide) groups is 1. The second-order valence-electron chi connectivity index (χ2n) is 7.19. The predicted octanol–water partition coefficient (Wildman–Crippen LogP) is 2.80. The number of hydrogen-bond acceptors (Lipinski definition) is 6. The van der Waals surface area contributed by atoms with Gasteiger partial charge in [0, 0.05) is 36.5 Å². The standard InChI is InChI=1S/C21H26N2O4S/c24-20(19-17(6-10-26-19)14-27-18-4-2-1-3-5-18)22-15-21(7-13-28-16-21)23-8-11-25-12-9-23/h1-6,10H,7-9,11-16H2,(H,22,24). The Morgan fingerprint density at radius 1 is 1.21 bits per heavy atom. The molecule has 0 saturated carbocycles. The van der Waals surface area contributed by atoms with E-state index in [2.05, 4.69) is 10.2 Å². The zero-order valence-corrected chi connectivity index (χ0v) is 16.7. The van der Waals surface area contributed by atoms with E-state index < -0.39 is 0 Å². The summed E-state index contributed by atoms with van der Waals surface area (Å²) in [6, 6.07) is 11.4. The van der Waals surface area contributed by atoms with Gasteiger partial charge in [-0.1, -0.05) is 18.2 Å². The molecular weight excluding hydrogens is 376 g/mol. The molecule has 28 heavy (non-hydrogen) atoms. The van der Waals surface area contributed by atoms with Crippen LogP contribution in [0.3, 0.4) is 0 Å². The lowest BCUT2D eigenvalue weighted by Crippen LogP contribution is -2.59. The summed E-state index contributed by atoms with van der Waals surface area (Å²) in [6.07, 6.45) is 2.63. The van der Waals surface area contributed by atoms with E-state index in [-0.39, 0.29) is 11.4 Å². The summed E-state index contributed by atoms with van der Waals surface area (Å²) in [7, 11) is 0. The van der Waals surface area contributed by atoms with Crippen molar-refractivity contribution < 1.29 is 18.7 Å². The van der Waals surface area contributed by atoms with E-state index in [0.29, 0.717) is 18.9 Å². The zero-order valence-electron chi connectivity index (χ0n) is 15.9. The Balaban J connectivity index is 1.37. The van der Waals surface area contributed by atoms with Crippen LogP contribution in [-0.4, -0.2) is 60.7 Å². The number of morpholine rings is 1. The molecule has 2 aliphatic heterocycles. The van der Waals surface area contributed by atoms with Gasteiger partial charge in [-0.3, -0.25) is 9.69 Å². The van der Waals surface area contributed by atoms with Gasteiger partial charge in [0.15, 0.2) is 5.76 Å². The van der Waals surface area contributed by atoms with Gasteiger partial charge < -0.3 is 19.2 Å². The molecule has 0 radical (unpaired) electrons. The average Bonchev–Trinajstić information content (AvgIpc) is 3.42. The van der Waals surface area contributed by atoms with Gasteiger partial charge in [0.05, 0.1) is 19.5 Å². The molecule has 6 nitrogen and oxygen atoms in total. The minimum Gasteiger partial charge on any atom is -0.489 e. The third kappa shape index (κ3) is 4.37. The van der Waals surface area contributed by atoms with Crippen LogP contribution in [-0.2, 0) is 11.3 Å². The van der Waals surface area contributed by atoms with E-state index >= 15 is 0 Å². The quantitative estimate of drug-likeness (QED) is 0.768. The molecule has 2 fully saturated rings. The summed E-state index contributed by atoms with van der Waals surface area (Å²) < 4.78 is 16.7. The molecule has 1 unspecified atom stereocenters. The monoisotopic (exact) mass is 402 g/mol. The molecule has 7 heteroatoms. The molecule has 2 aromatic rings. The van der Waals surface area contributed by atoms with Crippen molar-refractivity contribution in [3.05, 3.63) is 54.0 Å². The van der Waals surface area contributed by atoms with Crippen molar-refractivity contribution in [1.82, 2.24) is 10.2 Å². The fourth-order valence-corrected chi connectivity index (χ4v) is 5.26. The maximum atomic E-state index is 12.8. The van der Waals surface area contributed by atoms with Gasteiger partial charge in [0.25, 0.3) is 5.91 Å². The Hall–Kier alpha value is -1.96. The average molecular weight is 403 g/mol. The zero-order chi connectivity index (χ0) is 19.2. The highest BCUT2D eigenvalue weighted by atomic mass is 32.2. The van der Waals surface area contributed by atoms with Gasteiger partial charge in [-0.25, -0.2) is 0 Å². The highest BCUT2D eigenvalue weighted by Crippen LogP contribution is 2.33. The number of ether oxygens (including phenoxy) is 2. The number of furan rings is 1. The minimum atomic E-state index is -0.179. The fraction of sp³-hybridized carbons (Fsp3) is 0.476. The van der Waals surface area contributed by atoms with E-state index in [1.165, 1.54) is 0 Å². The number of amides is 1. The number of carbonyl (C=O) groups is 1. The first kappa shape index (κ1) is 19.4. The summed E-state index contributed by atoms with van der Waals surface area (Å²) >= 11 is 1.96. The molecule has 1 N–H and O–H groups in total. The number of benzene rings is 1. The van der Waals surface area contributed by atoms with Crippen LogP contribution >= 0.6 is 11.8 Å². The molecule has 2 aliphatic rings. The van der Waals surface area contributed by atoms with Crippen LogP contribution in [0.1, 0.15) is 22.5 Å². The van der Waals surface area contributed by atoms with Crippen molar-refractivity contribution in [2.75, 3.05) is 44.4 Å². The lowest BCUT2D eigenvalue weighted by molar-refractivity contribution is -0.0129. The normalized spacial score (nSPS) is 22.9. The van der Waals surface area contributed by atoms with Crippen LogP contribution < -0.4 is 10.1 Å². The third-order valence-corrected chi connectivity index (χ3v) is 6.67. The van der Waals surface area contributed by atoms with E-state index in [1.807, 2.05) is 42.1 Å². The number of nitrogens with zero attached hydrogens (tertiary/aromatic N) is 1. The second kappa shape index (κ2) is 9.03. The smallest absolute Gasteiger partial charge is 0.287 e. The highest BCUT2D eigenvalue weighted by Gasteiger charge is 2.41. The van der Waals surface area contributed by atoms with Crippen molar-refractivity contribution in [1.29, 1.82) is 0 Å². The van der Waals surface area contributed by atoms with E-state index in [1.54, 1.807) is 12.3 Å². The number of hydrogen-bond donors (Lipinski definition) is 1. The van der Waals surface area contributed by atoms with Crippen LogP contribution in [0.5, 0.6) is 5.75 Å². The lowest BCUT2D eigenvalue weighted by Gasteiger charge is -2.43. The van der Waals surface area contributed by atoms with Crippen LogP contribution in [0, 0.1) is 0 Å². The second-order valence-corrected chi connectivity index (χ2v) is 8.29. The molecule has 3 heterocycles. The Kier molecular flexibility index (Phi) is 6.24. The topological polar surface area (TPSA) is 63.9 Å². The molecule has 150 valence electrons. The van der Waals surface area contributed by atoms with Crippen LogP contribution in [0.15, 0.2) is 47.1 Å². The van der Waals surface area contributed by atoms with Crippen molar-refractivity contribution in [3.63, 3.8) is 0 Å². The molecule has 2 saturated heterocycles. The van der Waals surface area contributed by atoms with Crippen molar-refractivity contribution in [2.24, 2.45) is 0 Å². The SMILES string of the molecule is O=C(NCC1(N2CCOCC2)CCSC1)c1occc1COc1ccccc1. The molecule has 0 bridgehead atoms. The largest absolute Gasteiger partial charge is 0.489 e. The van der Waals surface area contributed by atoms with Gasteiger partial charge in [0.1, 0.15) is 12.4 Å². The number of nitrogens with one attached hydrogen (secondary N) is 1. The van der Waals surface area contributed by atoms with Crippen LogP contribution in [0.2, 0.25) is 0 Å². The van der Waals surface area contributed by atoms with Crippen molar-refractivity contribution in [2.45, 2.75) is 18.6 Å². The fourth-order valence-electron chi connectivity index (χ4n) is 3.79. The summed E-state index contributed by atoms with van der Waals surface area (Å²) in [5, 5.41) is 3.12. The first-order valence-corrected chi connectivity index (χ1v) is 10.9. The van der Waals surface area contributed by atoms with Crippen LogP contribution in [0.25, 0.3) is 0 Å². The van der Waals surface area contributed by atoms with Gasteiger partial charge in [0.2, 0.25) is 0 Å². The molecule has 1 atom stereocenters. The van der Waals surface area contributed by atoms with E-state index in [4.69, 9.17) is 13.9 Å². The van der Waals surface area contributed by atoms with Crippen molar-refractivity contribution >= 4 is 17.7 Å². The van der Waals surface area contributed by atoms with Crippen molar-refractivity contribution in [3.8, 4) is 5.75 Å². The Bertz CT molecular complexity index is 768. The number of para-hydroxylation sites is 1. The summed E-state index contributed by atoms with van der Waals surface area (Å²) in [5.74, 6) is 3.09. The molecule has 1 aromatic carbocycles. The number of carbonyl (C=O) groups excluding carboxylic acids is 1. The van der Waals surface area contributed by atoms with E-state index in [0.717, 1.165) is 55.5 Å². The Morgan fingerprint density at radius 3 is 2.79 bits per heavy atom.